The fraction of sp³-hybridized carbons (Fsp3) is 0.542. The van der Waals surface area contributed by atoms with Crippen LogP contribution in [0.2, 0.25) is 0 Å². The summed E-state index contributed by atoms with van der Waals surface area (Å²) in [6.07, 6.45) is 1.67. The molecule has 0 bridgehead atoms. The molecule has 3 aliphatic rings. The van der Waals surface area contributed by atoms with Crippen LogP contribution in [0.3, 0.4) is 0 Å². The van der Waals surface area contributed by atoms with Crippen LogP contribution < -0.4 is 20.7 Å². The molecule has 2 saturated carbocycles. The number of fused-ring (bicyclic) bond motifs is 1. The third-order valence-electron chi connectivity index (χ3n) is 7.38. The van der Waals surface area contributed by atoms with Crippen molar-refractivity contribution in [3.63, 3.8) is 0 Å². The zero-order chi connectivity index (χ0) is 28.1. The highest BCUT2D eigenvalue weighted by molar-refractivity contribution is 7.17. The van der Waals surface area contributed by atoms with Gasteiger partial charge in [0.05, 0.1) is 11.5 Å². The maximum absolute atomic E-state index is 13.5. The normalized spacial score (nSPS) is 24.9. The second kappa shape index (κ2) is 10.4. The molecular formula is C24H26F4N8O3S. The standard InChI is InChI=1S/C24H26F4N8O3S/c1-35-17(7-18(34-35)39-23(27)28)31-24-33-30-9-36(24)11-2-3-16-13(5-11)19(21(38)29-8-10-4-14(10)25)22(40-16)32-20(37)12-6-15(12)26/h7,9-12,14-15,23H,2-6,8H2,1H3,(H,29,38)(H,31,33)(H,32,37)/t10-,11-,12-,14-,15-/m0/s1. The molecule has 0 aromatic carbocycles. The van der Waals surface area contributed by atoms with Gasteiger partial charge in [-0.1, -0.05) is 0 Å². The van der Waals surface area contributed by atoms with Gasteiger partial charge in [-0.25, -0.2) is 13.5 Å². The minimum atomic E-state index is -3.01. The average Bonchev–Trinajstić information content (AvgIpc) is 3.62. The molecule has 0 unspecified atom stereocenters. The van der Waals surface area contributed by atoms with E-state index in [9.17, 15) is 27.2 Å². The summed E-state index contributed by atoms with van der Waals surface area (Å²) in [4.78, 5) is 26.8. The highest BCUT2D eigenvalue weighted by Crippen LogP contribution is 2.43. The minimum absolute atomic E-state index is 0.163. The fourth-order valence-corrected chi connectivity index (χ4v) is 6.17. The Kier molecular flexibility index (Phi) is 6.88. The van der Waals surface area contributed by atoms with E-state index in [1.807, 2.05) is 0 Å². The van der Waals surface area contributed by atoms with E-state index in [2.05, 4.69) is 36.0 Å². The first-order valence-electron chi connectivity index (χ1n) is 12.8. The van der Waals surface area contributed by atoms with Gasteiger partial charge in [0.1, 0.15) is 29.5 Å². The van der Waals surface area contributed by atoms with Gasteiger partial charge >= 0.3 is 6.61 Å². The predicted molar refractivity (Wildman–Crippen MR) is 135 cm³/mol. The number of alkyl halides is 4. The summed E-state index contributed by atoms with van der Waals surface area (Å²) in [6.45, 7) is -2.82. The summed E-state index contributed by atoms with van der Waals surface area (Å²) in [7, 11) is 1.56. The molecule has 0 spiro atoms. The summed E-state index contributed by atoms with van der Waals surface area (Å²) >= 11 is 1.30. The van der Waals surface area contributed by atoms with Gasteiger partial charge in [0.15, 0.2) is 0 Å². The van der Waals surface area contributed by atoms with Crippen molar-refractivity contribution in [1.29, 1.82) is 0 Å². The van der Waals surface area contributed by atoms with E-state index < -0.39 is 36.7 Å². The number of rotatable bonds is 10. The molecule has 11 nitrogen and oxygen atoms in total. The maximum Gasteiger partial charge on any atom is 0.388 e. The molecular weight excluding hydrogens is 556 g/mol. The first-order valence-corrected chi connectivity index (χ1v) is 13.7. The summed E-state index contributed by atoms with van der Waals surface area (Å²) in [5, 5.41) is 21.0. The lowest BCUT2D eigenvalue weighted by molar-refractivity contribution is -0.117. The number of aromatic nitrogens is 5. The molecule has 3 aromatic rings. The predicted octanol–water partition coefficient (Wildman–Crippen LogP) is 3.53. The molecule has 214 valence electrons. The SMILES string of the molecule is Cn1nc(OC(F)F)cc1Nc1nncn1[C@H]1CCc2sc(NC(=O)[C@H]3C[C@@H]3F)c(C(=O)NC[C@@H]3C[C@@H]3F)c2C1. The van der Waals surface area contributed by atoms with E-state index in [0.29, 0.717) is 48.0 Å². The number of anilines is 3. The third-order valence-corrected chi connectivity index (χ3v) is 8.59. The molecule has 3 aromatic heterocycles. The number of nitrogens with one attached hydrogen (secondary N) is 3. The largest absolute Gasteiger partial charge is 0.415 e. The van der Waals surface area contributed by atoms with Crippen LogP contribution in [0, 0.1) is 11.8 Å². The number of aryl methyl sites for hydroxylation is 2. The van der Waals surface area contributed by atoms with Crippen molar-refractivity contribution in [2.75, 3.05) is 17.2 Å². The van der Waals surface area contributed by atoms with Gasteiger partial charge in [-0.3, -0.25) is 14.2 Å². The number of halogens is 4. The number of ether oxygens (including phenoxy) is 1. The van der Waals surface area contributed by atoms with Crippen LogP contribution >= 0.6 is 11.3 Å². The fourth-order valence-electron chi connectivity index (χ4n) is 4.93. The van der Waals surface area contributed by atoms with Crippen molar-refractivity contribution in [2.45, 2.75) is 57.1 Å². The first kappa shape index (κ1) is 26.5. The van der Waals surface area contributed by atoms with E-state index in [-0.39, 0.29) is 30.8 Å². The van der Waals surface area contributed by atoms with Crippen molar-refractivity contribution in [3.8, 4) is 5.88 Å². The van der Waals surface area contributed by atoms with Gasteiger partial charge in [0.25, 0.3) is 5.91 Å². The third kappa shape index (κ3) is 5.36. The molecule has 5 atom stereocenters. The maximum atomic E-state index is 13.5. The van der Waals surface area contributed by atoms with Crippen LogP contribution in [0.5, 0.6) is 5.88 Å². The van der Waals surface area contributed by atoms with Crippen molar-refractivity contribution >= 4 is 39.9 Å². The van der Waals surface area contributed by atoms with Gasteiger partial charge in [-0.15, -0.1) is 26.6 Å². The Bertz CT molecular complexity index is 1440. The summed E-state index contributed by atoms with van der Waals surface area (Å²) in [5.74, 6) is -1.38. The lowest BCUT2D eigenvalue weighted by Gasteiger charge is -2.25. The number of hydrogen-bond acceptors (Lipinski definition) is 8. The van der Waals surface area contributed by atoms with Gasteiger partial charge in [-0.2, -0.15) is 8.78 Å². The first-order chi connectivity index (χ1) is 19.2. The smallest absolute Gasteiger partial charge is 0.388 e. The van der Waals surface area contributed by atoms with Crippen LogP contribution in [-0.4, -0.2) is 61.9 Å². The Morgan fingerprint density at radius 1 is 1.25 bits per heavy atom. The Morgan fingerprint density at radius 2 is 2.02 bits per heavy atom. The van der Waals surface area contributed by atoms with E-state index in [4.69, 9.17) is 0 Å². The van der Waals surface area contributed by atoms with E-state index in [1.54, 1.807) is 11.6 Å². The monoisotopic (exact) mass is 582 g/mol. The van der Waals surface area contributed by atoms with E-state index in [0.717, 1.165) is 10.4 Å². The van der Waals surface area contributed by atoms with E-state index >= 15 is 0 Å². The van der Waals surface area contributed by atoms with Crippen LogP contribution in [0.4, 0.5) is 34.3 Å². The zero-order valence-corrected chi connectivity index (χ0v) is 22.1. The van der Waals surface area contributed by atoms with Crippen molar-refractivity contribution < 1.29 is 31.9 Å². The molecule has 3 N–H and O–H groups in total. The number of carbonyl (C=O) groups is 2. The molecule has 6 rings (SSSR count). The Hall–Kier alpha value is -3.69. The molecule has 2 fully saturated rings. The molecule has 3 heterocycles. The van der Waals surface area contributed by atoms with Gasteiger partial charge < -0.3 is 20.7 Å². The Labute approximate surface area is 229 Å². The van der Waals surface area contributed by atoms with Gasteiger partial charge in [0, 0.05) is 36.5 Å². The Balaban J connectivity index is 1.24. The molecule has 40 heavy (non-hydrogen) atoms. The number of nitrogens with zero attached hydrogens (tertiary/aromatic N) is 5. The number of carbonyl (C=O) groups excluding carboxylic acids is 2. The van der Waals surface area contributed by atoms with Crippen molar-refractivity contribution in [3.05, 3.63) is 28.4 Å². The van der Waals surface area contributed by atoms with Crippen LogP contribution in [0.25, 0.3) is 0 Å². The van der Waals surface area contributed by atoms with Gasteiger partial charge in [0.2, 0.25) is 17.7 Å². The lowest BCUT2D eigenvalue weighted by Crippen LogP contribution is -2.29. The molecule has 3 aliphatic carbocycles. The van der Waals surface area contributed by atoms with Crippen LogP contribution in [-0.2, 0) is 24.7 Å². The average molecular weight is 583 g/mol. The van der Waals surface area contributed by atoms with Gasteiger partial charge in [-0.05, 0) is 37.7 Å². The summed E-state index contributed by atoms with van der Waals surface area (Å²) in [5.41, 5.74) is 1.07. The highest BCUT2D eigenvalue weighted by atomic mass is 32.1. The van der Waals surface area contributed by atoms with Crippen LogP contribution in [0.15, 0.2) is 12.4 Å². The highest BCUT2D eigenvalue weighted by Gasteiger charge is 2.44. The lowest BCUT2D eigenvalue weighted by atomic mass is 9.91. The minimum Gasteiger partial charge on any atom is -0.415 e. The molecule has 2 amide bonds. The van der Waals surface area contributed by atoms with E-state index in [1.165, 1.54) is 28.4 Å². The quantitative estimate of drug-likeness (QED) is 0.312. The summed E-state index contributed by atoms with van der Waals surface area (Å²) in [6, 6.07) is 1.13. The second-order valence-corrected chi connectivity index (χ2v) is 11.3. The molecule has 0 saturated heterocycles. The number of hydrogen-bond donors (Lipinski definition) is 3. The van der Waals surface area contributed by atoms with Crippen molar-refractivity contribution in [2.24, 2.45) is 18.9 Å². The van der Waals surface area contributed by atoms with Crippen LogP contribution in [0.1, 0.15) is 46.1 Å². The second-order valence-electron chi connectivity index (χ2n) is 10.2. The van der Waals surface area contributed by atoms with Crippen molar-refractivity contribution in [1.82, 2.24) is 29.9 Å². The molecule has 16 heteroatoms. The topological polar surface area (TPSA) is 128 Å². The Morgan fingerprint density at radius 3 is 2.73 bits per heavy atom. The summed E-state index contributed by atoms with van der Waals surface area (Å²) < 4.78 is 59.6. The molecule has 0 radical (unpaired) electrons. The molecule has 0 aliphatic heterocycles. The number of amides is 2. The number of thiophene rings is 1. The zero-order valence-electron chi connectivity index (χ0n) is 21.2.